The smallest absolute Gasteiger partial charge is 0.303 e. The summed E-state index contributed by atoms with van der Waals surface area (Å²) in [5, 5.41) is 8.76. The molecular formula is C15H17NO5. The first-order valence-corrected chi connectivity index (χ1v) is 6.75. The molecule has 0 radical (unpaired) electrons. The van der Waals surface area contributed by atoms with Crippen LogP contribution in [0.3, 0.4) is 0 Å². The van der Waals surface area contributed by atoms with E-state index < -0.39 is 11.9 Å². The maximum absolute atomic E-state index is 12.6. The Kier molecular flexibility index (Phi) is 4.57. The van der Waals surface area contributed by atoms with E-state index in [1.165, 1.54) is 12.0 Å². The highest BCUT2D eigenvalue weighted by Gasteiger charge is 2.37. The fraction of sp³-hybridized carbons (Fsp3) is 0.400. The third-order valence-corrected chi connectivity index (χ3v) is 3.57. The zero-order valence-corrected chi connectivity index (χ0v) is 11.7. The fourth-order valence-corrected chi connectivity index (χ4v) is 2.54. The molecule has 1 fully saturated rings. The Balaban J connectivity index is 2.22. The predicted octanol–water partition coefficient (Wildman–Crippen LogP) is 1.69. The number of carbonyl (C=O) groups excluding carboxylic acids is 2. The molecule has 2 rings (SSSR count). The van der Waals surface area contributed by atoms with Crippen LogP contribution in [0.25, 0.3) is 0 Å². The minimum Gasteiger partial charge on any atom is -0.496 e. The highest BCUT2D eigenvalue weighted by Crippen LogP contribution is 2.27. The molecule has 2 amide bonds. The van der Waals surface area contributed by atoms with Crippen molar-refractivity contribution in [2.45, 2.75) is 31.7 Å². The number of ether oxygens (including phenoxy) is 1. The van der Waals surface area contributed by atoms with E-state index in [4.69, 9.17) is 9.84 Å². The monoisotopic (exact) mass is 291 g/mol. The number of rotatable bonds is 5. The number of hydrogen-bond donors (Lipinski definition) is 1. The van der Waals surface area contributed by atoms with Crippen molar-refractivity contribution in [3.05, 3.63) is 29.8 Å². The number of carboxylic acids is 1. The van der Waals surface area contributed by atoms with Crippen LogP contribution in [-0.4, -0.2) is 40.9 Å². The number of nitrogens with zero attached hydrogens (tertiary/aromatic N) is 1. The van der Waals surface area contributed by atoms with Gasteiger partial charge in [0.25, 0.3) is 5.91 Å². The van der Waals surface area contributed by atoms with Crippen LogP contribution in [0.1, 0.15) is 36.0 Å². The molecule has 6 nitrogen and oxygen atoms in total. The highest BCUT2D eigenvalue weighted by atomic mass is 16.5. The third-order valence-electron chi connectivity index (χ3n) is 3.57. The van der Waals surface area contributed by atoms with Gasteiger partial charge in [0.15, 0.2) is 0 Å². The minimum atomic E-state index is -0.931. The summed E-state index contributed by atoms with van der Waals surface area (Å²) in [6.07, 6.45) is 0.994. The average molecular weight is 291 g/mol. The van der Waals surface area contributed by atoms with E-state index in [2.05, 4.69) is 0 Å². The lowest BCUT2D eigenvalue weighted by atomic mass is 10.1. The van der Waals surface area contributed by atoms with E-state index in [0.29, 0.717) is 17.7 Å². The number of amides is 2. The first-order valence-electron chi connectivity index (χ1n) is 6.75. The first kappa shape index (κ1) is 15.0. The van der Waals surface area contributed by atoms with Crippen LogP contribution in [0.15, 0.2) is 24.3 Å². The van der Waals surface area contributed by atoms with Crippen molar-refractivity contribution in [1.82, 2.24) is 4.90 Å². The predicted molar refractivity (Wildman–Crippen MR) is 74.1 cm³/mol. The molecule has 1 aromatic rings. The number of carboxylic acid groups (broad SMARTS) is 1. The van der Waals surface area contributed by atoms with Crippen LogP contribution in [-0.2, 0) is 9.59 Å². The molecule has 0 saturated carbocycles. The normalized spacial score (nSPS) is 17.9. The second-order valence-electron chi connectivity index (χ2n) is 4.89. The van der Waals surface area contributed by atoms with Gasteiger partial charge in [-0.1, -0.05) is 12.1 Å². The molecule has 1 atom stereocenters. The Morgan fingerprint density at radius 1 is 1.38 bits per heavy atom. The topological polar surface area (TPSA) is 83.9 Å². The van der Waals surface area contributed by atoms with Crippen molar-refractivity contribution >= 4 is 17.8 Å². The number of hydrogen-bond acceptors (Lipinski definition) is 4. The summed E-state index contributed by atoms with van der Waals surface area (Å²) in [5.41, 5.74) is 0.315. The first-order chi connectivity index (χ1) is 10.0. The average Bonchev–Trinajstić information content (AvgIpc) is 2.85. The minimum absolute atomic E-state index is 0.0619. The van der Waals surface area contributed by atoms with Gasteiger partial charge in [0, 0.05) is 18.9 Å². The lowest BCUT2D eigenvalue weighted by Crippen LogP contribution is -2.39. The number of benzene rings is 1. The highest BCUT2D eigenvalue weighted by molar-refractivity contribution is 6.07. The van der Waals surface area contributed by atoms with Crippen molar-refractivity contribution in [2.24, 2.45) is 0 Å². The SMILES string of the molecule is COc1ccccc1C(=O)N1C(=O)CCC1CCC(=O)O. The molecule has 1 aromatic carbocycles. The van der Waals surface area contributed by atoms with Crippen LogP contribution >= 0.6 is 0 Å². The summed E-state index contributed by atoms with van der Waals surface area (Å²) in [7, 11) is 1.46. The largest absolute Gasteiger partial charge is 0.496 e. The molecule has 6 heteroatoms. The lowest BCUT2D eigenvalue weighted by molar-refractivity contribution is -0.137. The van der Waals surface area contributed by atoms with Gasteiger partial charge in [-0.2, -0.15) is 0 Å². The van der Waals surface area contributed by atoms with Gasteiger partial charge in [-0.3, -0.25) is 19.3 Å². The molecule has 0 bridgehead atoms. The van der Waals surface area contributed by atoms with Crippen LogP contribution in [0, 0.1) is 0 Å². The van der Waals surface area contributed by atoms with Crippen molar-refractivity contribution in [3.63, 3.8) is 0 Å². The number of imide groups is 1. The van der Waals surface area contributed by atoms with Crippen LogP contribution in [0.5, 0.6) is 5.75 Å². The lowest BCUT2D eigenvalue weighted by Gasteiger charge is -2.23. The van der Waals surface area contributed by atoms with Gasteiger partial charge in [-0.05, 0) is 25.0 Å². The molecular weight excluding hydrogens is 274 g/mol. The van der Waals surface area contributed by atoms with Crippen LogP contribution in [0.4, 0.5) is 0 Å². The molecule has 112 valence electrons. The molecule has 1 saturated heterocycles. The van der Waals surface area contributed by atoms with Crippen molar-refractivity contribution in [2.75, 3.05) is 7.11 Å². The van der Waals surface area contributed by atoms with Gasteiger partial charge in [0.2, 0.25) is 5.91 Å². The quantitative estimate of drug-likeness (QED) is 0.835. The number of likely N-dealkylation sites (tertiary alicyclic amines) is 1. The molecule has 0 aromatic heterocycles. The molecule has 1 N–H and O–H groups in total. The molecule has 0 aliphatic carbocycles. The zero-order valence-electron chi connectivity index (χ0n) is 11.7. The van der Waals surface area contributed by atoms with Crippen molar-refractivity contribution in [1.29, 1.82) is 0 Å². The number of para-hydroxylation sites is 1. The van der Waals surface area contributed by atoms with Crippen molar-refractivity contribution < 1.29 is 24.2 Å². The maximum Gasteiger partial charge on any atom is 0.303 e. The summed E-state index contributed by atoms with van der Waals surface area (Å²) in [6, 6.07) is 6.33. The summed E-state index contributed by atoms with van der Waals surface area (Å²) < 4.78 is 5.14. The van der Waals surface area contributed by atoms with E-state index in [-0.39, 0.29) is 31.2 Å². The molecule has 21 heavy (non-hydrogen) atoms. The summed E-state index contributed by atoms with van der Waals surface area (Å²) in [5.74, 6) is -1.22. The third kappa shape index (κ3) is 3.21. The summed E-state index contributed by atoms with van der Waals surface area (Å²) in [6.45, 7) is 0. The summed E-state index contributed by atoms with van der Waals surface area (Å²) in [4.78, 5) is 36.4. The van der Waals surface area contributed by atoms with Crippen molar-refractivity contribution in [3.8, 4) is 5.75 Å². The Bertz CT molecular complexity index is 569. The maximum atomic E-state index is 12.6. The van der Waals surface area contributed by atoms with E-state index in [0.717, 1.165) is 0 Å². The molecule has 1 heterocycles. The number of aliphatic carboxylic acids is 1. The van der Waals surface area contributed by atoms with Gasteiger partial charge in [0.05, 0.1) is 12.7 Å². The Morgan fingerprint density at radius 3 is 2.76 bits per heavy atom. The zero-order chi connectivity index (χ0) is 15.4. The van der Waals surface area contributed by atoms with E-state index >= 15 is 0 Å². The van der Waals surface area contributed by atoms with Gasteiger partial charge >= 0.3 is 5.97 Å². The number of methoxy groups -OCH3 is 1. The van der Waals surface area contributed by atoms with E-state index in [1.807, 2.05) is 0 Å². The fourth-order valence-electron chi connectivity index (χ4n) is 2.54. The van der Waals surface area contributed by atoms with Gasteiger partial charge in [-0.25, -0.2) is 0 Å². The second kappa shape index (κ2) is 6.39. The Morgan fingerprint density at radius 2 is 2.10 bits per heavy atom. The van der Waals surface area contributed by atoms with Crippen LogP contribution in [0.2, 0.25) is 0 Å². The van der Waals surface area contributed by atoms with Crippen LogP contribution < -0.4 is 4.74 Å². The standard InChI is InChI=1S/C15H17NO5/c1-21-12-5-3-2-4-11(12)15(20)16-10(6-8-13(16)17)7-9-14(18)19/h2-5,10H,6-9H2,1H3,(H,18,19). The second-order valence-corrected chi connectivity index (χ2v) is 4.89. The van der Waals surface area contributed by atoms with Gasteiger partial charge in [-0.15, -0.1) is 0 Å². The number of carbonyl (C=O) groups is 3. The van der Waals surface area contributed by atoms with E-state index in [1.54, 1.807) is 24.3 Å². The molecule has 0 spiro atoms. The Labute approximate surface area is 122 Å². The molecule has 1 aliphatic heterocycles. The Hall–Kier alpha value is -2.37. The van der Waals surface area contributed by atoms with Gasteiger partial charge in [0.1, 0.15) is 5.75 Å². The molecule has 1 unspecified atom stereocenters. The molecule has 1 aliphatic rings. The van der Waals surface area contributed by atoms with E-state index in [9.17, 15) is 14.4 Å². The summed E-state index contributed by atoms with van der Waals surface area (Å²) >= 11 is 0. The van der Waals surface area contributed by atoms with Gasteiger partial charge < -0.3 is 9.84 Å².